The van der Waals surface area contributed by atoms with Crippen LogP contribution in [0.2, 0.25) is 0 Å². The van der Waals surface area contributed by atoms with Gasteiger partial charge in [-0.1, -0.05) is 0 Å². The molecule has 2 fully saturated rings. The van der Waals surface area contributed by atoms with Gasteiger partial charge in [-0.15, -0.1) is 0 Å². The Morgan fingerprint density at radius 1 is 1.38 bits per heavy atom. The minimum atomic E-state index is 0.0457. The molecule has 2 saturated heterocycles. The summed E-state index contributed by atoms with van der Waals surface area (Å²) in [7, 11) is 1.65. The number of nitrogens with one attached hydrogen (secondary N) is 1. The van der Waals surface area contributed by atoms with E-state index < -0.39 is 0 Å². The van der Waals surface area contributed by atoms with Crippen molar-refractivity contribution in [3.05, 3.63) is 23.9 Å². The summed E-state index contributed by atoms with van der Waals surface area (Å²) in [5.74, 6) is 0.669. The maximum absolute atomic E-state index is 6.08. The average molecular weight is 292 g/mol. The van der Waals surface area contributed by atoms with E-state index in [2.05, 4.69) is 10.3 Å². The highest BCUT2D eigenvalue weighted by Gasteiger charge is 2.38. The van der Waals surface area contributed by atoms with Crippen LogP contribution in [0.4, 0.5) is 0 Å². The van der Waals surface area contributed by atoms with E-state index in [0.717, 1.165) is 52.0 Å². The number of nitrogens with zero attached hydrogens (tertiary/aromatic N) is 1. The molecular formula is C16H24N2O3. The van der Waals surface area contributed by atoms with Crippen LogP contribution in [0.3, 0.4) is 0 Å². The molecule has 116 valence electrons. The molecule has 1 aromatic rings. The van der Waals surface area contributed by atoms with Gasteiger partial charge in [0.15, 0.2) is 0 Å². The summed E-state index contributed by atoms with van der Waals surface area (Å²) in [6.07, 6.45) is 5.99. The molecular weight excluding hydrogens is 268 g/mol. The Labute approximate surface area is 126 Å². The molecule has 0 saturated carbocycles. The zero-order valence-corrected chi connectivity index (χ0v) is 12.6. The van der Waals surface area contributed by atoms with Gasteiger partial charge in [0.05, 0.1) is 12.7 Å². The molecule has 3 heterocycles. The van der Waals surface area contributed by atoms with Gasteiger partial charge in [-0.05, 0) is 37.3 Å². The molecule has 1 N–H and O–H groups in total. The SMILES string of the molecule is COc1cc(CNC2CCOC3(CCOCC3)C2)ccn1. The van der Waals surface area contributed by atoms with Crippen molar-refractivity contribution in [1.29, 1.82) is 0 Å². The van der Waals surface area contributed by atoms with E-state index in [4.69, 9.17) is 14.2 Å². The Morgan fingerprint density at radius 2 is 2.24 bits per heavy atom. The van der Waals surface area contributed by atoms with Gasteiger partial charge in [-0.2, -0.15) is 0 Å². The van der Waals surface area contributed by atoms with Crippen LogP contribution in [0, 0.1) is 0 Å². The molecule has 21 heavy (non-hydrogen) atoms. The second-order valence-electron chi connectivity index (χ2n) is 5.92. The second-order valence-corrected chi connectivity index (χ2v) is 5.92. The first kappa shape index (κ1) is 14.8. The van der Waals surface area contributed by atoms with Crippen LogP contribution in [-0.2, 0) is 16.0 Å². The van der Waals surface area contributed by atoms with Crippen molar-refractivity contribution in [1.82, 2.24) is 10.3 Å². The number of methoxy groups -OCH3 is 1. The second kappa shape index (κ2) is 6.73. The lowest BCUT2D eigenvalue weighted by molar-refractivity contribution is -0.140. The monoisotopic (exact) mass is 292 g/mol. The van der Waals surface area contributed by atoms with E-state index >= 15 is 0 Å². The minimum absolute atomic E-state index is 0.0457. The van der Waals surface area contributed by atoms with Gasteiger partial charge in [-0.25, -0.2) is 4.98 Å². The molecule has 1 spiro atoms. The van der Waals surface area contributed by atoms with Crippen molar-refractivity contribution in [2.75, 3.05) is 26.9 Å². The van der Waals surface area contributed by atoms with Gasteiger partial charge in [0.2, 0.25) is 5.88 Å². The fourth-order valence-corrected chi connectivity index (χ4v) is 3.23. The quantitative estimate of drug-likeness (QED) is 0.918. The normalized spacial score (nSPS) is 24.9. The third-order valence-corrected chi connectivity index (χ3v) is 4.50. The molecule has 1 aromatic heterocycles. The summed E-state index contributed by atoms with van der Waals surface area (Å²) < 4.78 is 16.7. The number of hydrogen-bond donors (Lipinski definition) is 1. The minimum Gasteiger partial charge on any atom is -0.481 e. The van der Waals surface area contributed by atoms with Gasteiger partial charge in [0.1, 0.15) is 0 Å². The maximum Gasteiger partial charge on any atom is 0.213 e. The Hall–Kier alpha value is -1.17. The molecule has 0 aliphatic carbocycles. The van der Waals surface area contributed by atoms with Gasteiger partial charge >= 0.3 is 0 Å². The van der Waals surface area contributed by atoms with Gasteiger partial charge < -0.3 is 19.5 Å². The molecule has 2 aliphatic rings. The highest BCUT2D eigenvalue weighted by molar-refractivity contribution is 5.20. The highest BCUT2D eigenvalue weighted by Crippen LogP contribution is 2.34. The van der Waals surface area contributed by atoms with Gasteiger partial charge in [0, 0.05) is 44.7 Å². The first-order chi connectivity index (χ1) is 10.3. The third kappa shape index (κ3) is 3.73. The van der Waals surface area contributed by atoms with Crippen molar-refractivity contribution < 1.29 is 14.2 Å². The molecule has 3 rings (SSSR count). The molecule has 0 amide bonds. The first-order valence-corrected chi connectivity index (χ1v) is 7.74. The van der Waals surface area contributed by atoms with Crippen LogP contribution in [0.5, 0.6) is 5.88 Å². The van der Waals surface area contributed by atoms with Gasteiger partial charge in [0.25, 0.3) is 0 Å². The van der Waals surface area contributed by atoms with Crippen LogP contribution < -0.4 is 10.1 Å². The summed E-state index contributed by atoms with van der Waals surface area (Å²) in [4.78, 5) is 4.14. The summed E-state index contributed by atoms with van der Waals surface area (Å²) >= 11 is 0. The lowest BCUT2D eigenvalue weighted by Crippen LogP contribution is -2.49. The largest absolute Gasteiger partial charge is 0.481 e. The van der Waals surface area contributed by atoms with E-state index in [-0.39, 0.29) is 5.60 Å². The van der Waals surface area contributed by atoms with Crippen molar-refractivity contribution in [2.24, 2.45) is 0 Å². The average Bonchev–Trinajstić information content (AvgIpc) is 2.54. The van der Waals surface area contributed by atoms with Crippen molar-refractivity contribution in [2.45, 2.75) is 43.9 Å². The molecule has 1 atom stereocenters. The maximum atomic E-state index is 6.08. The molecule has 5 heteroatoms. The Bertz CT molecular complexity index is 455. The van der Waals surface area contributed by atoms with E-state index in [1.165, 1.54) is 5.56 Å². The zero-order valence-electron chi connectivity index (χ0n) is 12.6. The summed E-state index contributed by atoms with van der Waals surface area (Å²) in [5.41, 5.74) is 1.25. The standard InChI is InChI=1S/C16H24N2O3/c1-19-15-10-13(2-6-17-15)12-18-14-3-7-21-16(11-14)4-8-20-9-5-16/h2,6,10,14,18H,3-5,7-9,11-12H2,1H3. The van der Waals surface area contributed by atoms with Crippen molar-refractivity contribution in [3.8, 4) is 5.88 Å². The Kier molecular flexibility index (Phi) is 4.73. The lowest BCUT2D eigenvalue weighted by Gasteiger charge is -2.43. The molecule has 0 bridgehead atoms. The lowest BCUT2D eigenvalue weighted by atomic mass is 9.84. The van der Waals surface area contributed by atoms with Crippen LogP contribution >= 0.6 is 0 Å². The van der Waals surface area contributed by atoms with Crippen LogP contribution in [0.25, 0.3) is 0 Å². The number of pyridine rings is 1. The smallest absolute Gasteiger partial charge is 0.213 e. The fraction of sp³-hybridized carbons (Fsp3) is 0.688. The molecule has 5 nitrogen and oxygen atoms in total. The summed E-state index contributed by atoms with van der Waals surface area (Å²) in [5, 5.41) is 3.66. The van der Waals surface area contributed by atoms with E-state index in [9.17, 15) is 0 Å². The third-order valence-electron chi connectivity index (χ3n) is 4.50. The fourth-order valence-electron chi connectivity index (χ4n) is 3.23. The Balaban J connectivity index is 1.54. The van der Waals surface area contributed by atoms with Crippen LogP contribution in [-0.4, -0.2) is 43.6 Å². The molecule has 2 aliphatic heterocycles. The molecule has 1 unspecified atom stereocenters. The van der Waals surface area contributed by atoms with Crippen molar-refractivity contribution >= 4 is 0 Å². The first-order valence-electron chi connectivity index (χ1n) is 7.74. The van der Waals surface area contributed by atoms with Crippen molar-refractivity contribution in [3.63, 3.8) is 0 Å². The van der Waals surface area contributed by atoms with E-state index in [1.54, 1.807) is 13.3 Å². The molecule has 0 aromatic carbocycles. The van der Waals surface area contributed by atoms with Gasteiger partial charge in [-0.3, -0.25) is 0 Å². The summed E-state index contributed by atoms with van der Waals surface area (Å²) in [6.45, 7) is 3.34. The number of rotatable bonds is 4. The Morgan fingerprint density at radius 3 is 3.05 bits per heavy atom. The number of hydrogen-bond acceptors (Lipinski definition) is 5. The topological polar surface area (TPSA) is 52.6 Å². The van der Waals surface area contributed by atoms with E-state index in [0.29, 0.717) is 11.9 Å². The zero-order chi connectivity index (χ0) is 14.5. The van der Waals surface area contributed by atoms with Crippen LogP contribution in [0.1, 0.15) is 31.2 Å². The van der Waals surface area contributed by atoms with E-state index in [1.807, 2.05) is 12.1 Å². The number of ether oxygens (including phenoxy) is 3. The number of aromatic nitrogens is 1. The summed E-state index contributed by atoms with van der Waals surface area (Å²) in [6, 6.07) is 4.52. The predicted molar refractivity (Wildman–Crippen MR) is 79.4 cm³/mol. The van der Waals surface area contributed by atoms with Crippen LogP contribution in [0.15, 0.2) is 18.3 Å². The highest BCUT2D eigenvalue weighted by atomic mass is 16.5. The molecule has 0 radical (unpaired) electrons. The predicted octanol–water partition coefficient (Wildman–Crippen LogP) is 1.91.